The Balaban J connectivity index is 1.91. The molecule has 0 fully saturated rings. The minimum atomic E-state index is -0.559. The molecule has 1 aromatic carbocycles. The summed E-state index contributed by atoms with van der Waals surface area (Å²) in [6, 6.07) is 6.69. The van der Waals surface area contributed by atoms with Crippen LogP contribution in [0.5, 0.6) is 0 Å². The van der Waals surface area contributed by atoms with Crippen LogP contribution in [0.1, 0.15) is 37.8 Å². The van der Waals surface area contributed by atoms with Crippen LogP contribution in [0.25, 0.3) is 0 Å². The second kappa shape index (κ2) is 5.93. The van der Waals surface area contributed by atoms with Gasteiger partial charge in [-0.3, -0.25) is 0 Å². The number of rotatable bonds is 6. The van der Waals surface area contributed by atoms with E-state index in [9.17, 15) is 5.11 Å². The van der Waals surface area contributed by atoms with E-state index in [1.165, 1.54) is 16.8 Å². The van der Waals surface area contributed by atoms with E-state index < -0.39 is 5.60 Å². The van der Waals surface area contributed by atoms with Gasteiger partial charge in [-0.15, -0.1) is 0 Å². The van der Waals surface area contributed by atoms with Crippen molar-refractivity contribution < 1.29 is 5.11 Å². The van der Waals surface area contributed by atoms with Crippen molar-refractivity contribution in [1.82, 2.24) is 5.32 Å². The zero-order valence-electron chi connectivity index (χ0n) is 12.4. The van der Waals surface area contributed by atoms with E-state index >= 15 is 0 Å². The molecule has 0 amide bonds. The number of anilines is 1. The van der Waals surface area contributed by atoms with Crippen LogP contribution >= 0.6 is 0 Å². The minimum Gasteiger partial charge on any atom is -0.389 e. The highest BCUT2D eigenvalue weighted by atomic mass is 16.3. The van der Waals surface area contributed by atoms with Crippen molar-refractivity contribution in [2.45, 2.75) is 45.3 Å². The van der Waals surface area contributed by atoms with Gasteiger partial charge in [-0.1, -0.05) is 26.0 Å². The first kappa shape index (κ1) is 14.4. The SMILES string of the molecule is CCC(O)(CC)CNCc1ccc2c(c1)CCN2C. The van der Waals surface area contributed by atoms with Crippen LogP contribution in [0, 0.1) is 0 Å². The number of benzene rings is 1. The molecule has 106 valence electrons. The van der Waals surface area contributed by atoms with E-state index in [1.54, 1.807) is 0 Å². The minimum absolute atomic E-state index is 0.559. The molecule has 1 heterocycles. The molecule has 1 aromatic rings. The molecule has 3 heteroatoms. The van der Waals surface area contributed by atoms with Gasteiger partial charge in [0.2, 0.25) is 0 Å². The van der Waals surface area contributed by atoms with E-state index in [4.69, 9.17) is 0 Å². The third kappa shape index (κ3) is 3.28. The summed E-state index contributed by atoms with van der Waals surface area (Å²) in [6.45, 7) is 6.70. The fourth-order valence-corrected chi connectivity index (χ4v) is 2.67. The summed E-state index contributed by atoms with van der Waals surface area (Å²) < 4.78 is 0. The first-order valence-corrected chi connectivity index (χ1v) is 7.34. The lowest BCUT2D eigenvalue weighted by Gasteiger charge is -2.25. The molecule has 0 radical (unpaired) electrons. The average molecular weight is 262 g/mol. The monoisotopic (exact) mass is 262 g/mol. The number of hydrogen-bond donors (Lipinski definition) is 2. The molecule has 0 atom stereocenters. The van der Waals surface area contributed by atoms with Crippen molar-refractivity contribution in [3.8, 4) is 0 Å². The maximum Gasteiger partial charge on any atom is 0.0766 e. The summed E-state index contributed by atoms with van der Waals surface area (Å²) in [4.78, 5) is 2.31. The Morgan fingerprint density at radius 3 is 2.74 bits per heavy atom. The number of likely N-dealkylation sites (N-methyl/N-ethyl adjacent to an activating group) is 1. The summed E-state index contributed by atoms with van der Waals surface area (Å²) in [6.07, 6.45) is 2.74. The third-order valence-electron chi connectivity index (χ3n) is 4.37. The van der Waals surface area contributed by atoms with Crippen LogP contribution in [0.15, 0.2) is 18.2 Å². The van der Waals surface area contributed by atoms with Crippen LogP contribution < -0.4 is 10.2 Å². The molecule has 1 aliphatic rings. The molecule has 0 unspecified atom stereocenters. The Hall–Kier alpha value is -1.06. The molecule has 0 aliphatic carbocycles. The van der Waals surface area contributed by atoms with Crippen LogP contribution in [0.3, 0.4) is 0 Å². The van der Waals surface area contributed by atoms with E-state index in [0.29, 0.717) is 6.54 Å². The van der Waals surface area contributed by atoms with Gasteiger partial charge < -0.3 is 15.3 Å². The van der Waals surface area contributed by atoms with E-state index in [0.717, 1.165) is 32.4 Å². The highest BCUT2D eigenvalue weighted by Gasteiger charge is 2.21. The first-order valence-electron chi connectivity index (χ1n) is 7.34. The molecule has 0 bridgehead atoms. The predicted octanol–water partition coefficient (Wildman–Crippen LogP) is 2.32. The molecule has 0 saturated carbocycles. The highest BCUT2D eigenvalue weighted by Crippen LogP contribution is 2.27. The third-order valence-corrected chi connectivity index (χ3v) is 4.37. The quantitative estimate of drug-likeness (QED) is 0.826. The molecule has 3 nitrogen and oxygen atoms in total. The van der Waals surface area contributed by atoms with Crippen LogP contribution in [-0.2, 0) is 13.0 Å². The topological polar surface area (TPSA) is 35.5 Å². The summed E-state index contributed by atoms with van der Waals surface area (Å²) in [5.41, 5.74) is 3.56. The maximum absolute atomic E-state index is 10.2. The maximum atomic E-state index is 10.2. The molecular formula is C16H26N2O. The molecule has 0 spiro atoms. The number of aliphatic hydroxyl groups is 1. The largest absolute Gasteiger partial charge is 0.389 e. The van der Waals surface area contributed by atoms with Gasteiger partial charge in [0.1, 0.15) is 0 Å². The fourth-order valence-electron chi connectivity index (χ4n) is 2.67. The number of fused-ring (bicyclic) bond motifs is 1. The van der Waals surface area contributed by atoms with Gasteiger partial charge in [-0.25, -0.2) is 0 Å². The molecule has 19 heavy (non-hydrogen) atoms. The highest BCUT2D eigenvalue weighted by molar-refractivity contribution is 5.58. The Bertz CT molecular complexity index is 427. The molecule has 2 rings (SSSR count). The number of nitrogens with one attached hydrogen (secondary N) is 1. The first-order chi connectivity index (χ1) is 9.08. The lowest BCUT2D eigenvalue weighted by Crippen LogP contribution is -2.39. The molecule has 0 aromatic heterocycles. The van der Waals surface area contributed by atoms with Gasteiger partial charge in [0.05, 0.1) is 5.60 Å². The predicted molar refractivity (Wildman–Crippen MR) is 80.7 cm³/mol. The molecule has 2 N–H and O–H groups in total. The lowest BCUT2D eigenvalue weighted by molar-refractivity contribution is 0.0323. The second-order valence-electron chi connectivity index (χ2n) is 5.67. The summed E-state index contributed by atoms with van der Waals surface area (Å²) >= 11 is 0. The van der Waals surface area contributed by atoms with Gasteiger partial charge in [0.15, 0.2) is 0 Å². The molecular weight excluding hydrogens is 236 g/mol. The summed E-state index contributed by atoms with van der Waals surface area (Å²) in [5, 5.41) is 13.6. The van der Waals surface area contributed by atoms with E-state index in [2.05, 4.69) is 35.5 Å². The second-order valence-corrected chi connectivity index (χ2v) is 5.67. The van der Waals surface area contributed by atoms with Crippen molar-refractivity contribution in [2.24, 2.45) is 0 Å². The van der Waals surface area contributed by atoms with Crippen molar-refractivity contribution in [3.05, 3.63) is 29.3 Å². The van der Waals surface area contributed by atoms with Crippen molar-refractivity contribution in [3.63, 3.8) is 0 Å². The Morgan fingerprint density at radius 1 is 1.32 bits per heavy atom. The summed E-state index contributed by atoms with van der Waals surface area (Å²) in [7, 11) is 2.15. The van der Waals surface area contributed by atoms with Gasteiger partial charge in [-0.2, -0.15) is 0 Å². The van der Waals surface area contributed by atoms with Crippen molar-refractivity contribution in [1.29, 1.82) is 0 Å². The zero-order chi connectivity index (χ0) is 13.9. The van der Waals surface area contributed by atoms with E-state index in [1.807, 2.05) is 13.8 Å². The van der Waals surface area contributed by atoms with Crippen LogP contribution in [-0.4, -0.2) is 30.8 Å². The molecule has 1 aliphatic heterocycles. The number of nitrogens with zero attached hydrogens (tertiary/aromatic N) is 1. The van der Waals surface area contributed by atoms with Crippen LogP contribution in [0.4, 0.5) is 5.69 Å². The van der Waals surface area contributed by atoms with Gasteiger partial charge in [-0.05, 0) is 36.5 Å². The zero-order valence-corrected chi connectivity index (χ0v) is 12.4. The van der Waals surface area contributed by atoms with Crippen molar-refractivity contribution in [2.75, 3.05) is 25.0 Å². The normalized spacial score (nSPS) is 14.8. The lowest BCUT2D eigenvalue weighted by atomic mass is 9.97. The fraction of sp³-hybridized carbons (Fsp3) is 0.625. The Kier molecular flexibility index (Phi) is 4.48. The van der Waals surface area contributed by atoms with Crippen LogP contribution in [0.2, 0.25) is 0 Å². The summed E-state index contributed by atoms with van der Waals surface area (Å²) in [5.74, 6) is 0. The van der Waals surface area contributed by atoms with E-state index in [-0.39, 0.29) is 0 Å². The van der Waals surface area contributed by atoms with Gasteiger partial charge in [0.25, 0.3) is 0 Å². The average Bonchev–Trinajstić information content (AvgIpc) is 2.80. The smallest absolute Gasteiger partial charge is 0.0766 e. The Morgan fingerprint density at radius 2 is 2.05 bits per heavy atom. The molecule has 0 saturated heterocycles. The van der Waals surface area contributed by atoms with Gasteiger partial charge in [0, 0.05) is 32.4 Å². The standard InChI is InChI=1S/C16H26N2O/c1-4-16(19,5-2)12-17-11-13-6-7-15-14(10-13)8-9-18(15)3/h6-7,10,17,19H,4-5,8-9,11-12H2,1-3H3. The number of hydrogen-bond acceptors (Lipinski definition) is 3. The van der Waals surface area contributed by atoms with Crippen molar-refractivity contribution >= 4 is 5.69 Å². The van der Waals surface area contributed by atoms with Gasteiger partial charge >= 0.3 is 0 Å². The Labute approximate surface area is 116 Å².